The summed E-state index contributed by atoms with van der Waals surface area (Å²) in [5, 5.41) is 2.62. The summed E-state index contributed by atoms with van der Waals surface area (Å²) in [6.45, 7) is 1.23. The van der Waals surface area contributed by atoms with Gasteiger partial charge < -0.3 is 14.5 Å². The molecule has 0 saturated carbocycles. The molecule has 0 aliphatic rings. The van der Waals surface area contributed by atoms with Crippen molar-refractivity contribution in [2.45, 2.75) is 18.4 Å². The highest BCUT2D eigenvalue weighted by molar-refractivity contribution is 7.89. The third-order valence-electron chi connectivity index (χ3n) is 4.08. The first-order chi connectivity index (χ1) is 14.3. The minimum Gasteiger partial charge on any atom is -0.484 e. The quantitative estimate of drug-likeness (QED) is 0.507. The van der Waals surface area contributed by atoms with E-state index in [0.717, 1.165) is 0 Å². The van der Waals surface area contributed by atoms with Gasteiger partial charge >= 0.3 is 0 Å². The van der Waals surface area contributed by atoms with Crippen molar-refractivity contribution in [2.24, 2.45) is 0 Å². The van der Waals surface area contributed by atoms with Crippen LogP contribution < -0.4 is 14.8 Å². The van der Waals surface area contributed by atoms with Crippen molar-refractivity contribution in [3.8, 4) is 5.75 Å². The van der Waals surface area contributed by atoms with Crippen molar-refractivity contribution in [2.75, 3.05) is 11.9 Å². The van der Waals surface area contributed by atoms with Crippen LogP contribution in [0.5, 0.6) is 5.75 Å². The summed E-state index contributed by atoms with van der Waals surface area (Å²) in [4.78, 5) is 23.5. The van der Waals surface area contributed by atoms with E-state index in [-0.39, 0.29) is 23.8 Å². The minimum atomic E-state index is -3.71. The lowest BCUT2D eigenvalue weighted by Crippen LogP contribution is -2.23. The van der Waals surface area contributed by atoms with Gasteiger partial charge in [-0.05, 0) is 55.5 Å². The molecular formula is C21H20N2O6S. The van der Waals surface area contributed by atoms with E-state index in [1.165, 1.54) is 37.5 Å². The standard InChI is InChI=1S/C21H20N2O6S/c1-15(24)16-4-2-5-18(12-16)29-14-21(25)23-17-7-9-20(10-8-17)30(26,27)22-13-19-6-3-11-28-19/h2-12,22H,13-14H2,1H3,(H,23,25). The van der Waals surface area contributed by atoms with E-state index in [1.54, 1.807) is 36.4 Å². The highest BCUT2D eigenvalue weighted by atomic mass is 32.2. The van der Waals surface area contributed by atoms with E-state index in [1.807, 2.05) is 0 Å². The molecule has 0 unspecified atom stereocenters. The molecule has 0 fully saturated rings. The first kappa shape index (κ1) is 21.3. The molecule has 0 aliphatic heterocycles. The molecule has 0 bridgehead atoms. The zero-order valence-electron chi connectivity index (χ0n) is 16.1. The lowest BCUT2D eigenvalue weighted by atomic mass is 10.1. The molecule has 1 amide bonds. The van der Waals surface area contributed by atoms with E-state index >= 15 is 0 Å². The number of ether oxygens (including phenoxy) is 1. The van der Waals surface area contributed by atoms with Crippen LogP contribution in [0.1, 0.15) is 23.0 Å². The zero-order valence-corrected chi connectivity index (χ0v) is 16.9. The Morgan fingerprint density at radius 3 is 2.47 bits per heavy atom. The Hall–Kier alpha value is -3.43. The van der Waals surface area contributed by atoms with E-state index in [0.29, 0.717) is 22.8 Å². The van der Waals surface area contributed by atoms with Gasteiger partial charge in [0.05, 0.1) is 17.7 Å². The fourth-order valence-electron chi connectivity index (χ4n) is 2.53. The maximum atomic E-state index is 12.3. The third-order valence-corrected chi connectivity index (χ3v) is 5.49. The molecular weight excluding hydrogens is 408 g/mol. The van der Waals surface area contributed by atoms with Gasteiger partial charge in [0.25, 0.3) is 5.91 Å². The Kier molecular flexibility index (Phi) is 6.65. The Bertz CT molecular complexity index is 1120. The maximum absolute atomic E-state index is 12.3. The van der Waals surface area contributed by atoms with Crippen LogP contribution in [0, 0.1) is 0 Å². The minimum absolute atomic E-state index is 0.0377. The van der Waals surface area contributed by atoms with Crippen LogP contribution in [0.3, 0.4) is 0 Å². The molecule has 9 heteroatoms. The van der Waals surface area contributed by atoms with Gasteiger partial charge in [-0.2, -0.15) is 0 Å². The van der Waals surface area contributed by atoms with Crippen LogP contribution >= 0.6 is 0 Å². The Morgan fingerprint density at radius 2 is 1.80 bits per heavy atom. The number of carbonyl (C=O) groups excluding carboxylic acids is 2. The van der Waals surface area contributed by atoms with Gasteiger partial charge in [-0.15, -0.1) is 0 Å². The molecule has 0 saturated heterocycles. The topological polar surface area (TPSA) is 115 Å². The number of hydrogen-bond donors (Lipinski definition) is 2. The molecule has 2 aromatic carbocycles. The molecule has 0 aliphatic carbocycles. The number of hydrogen-bond acceptors (Lipinski definition) is 6. The van der Waals surface area contributed by atoms with Gasteiger partial charge in [0.2, 0.25) is 10.0 Å². The largest absolute Gasteiger partial charge is 0.484 e. The Balaban J connectivity index is 1.54. The van der Waals surface area contributed by atoms with Crippen LogP contribution in [-0.2, 0) is 21.4 Å². The van der Waals surface area contributed by atoms with Crippen LogP contribution in [0.4, 0.5) is 5.69 Å². The smallest absolute Gasteiger partial charge is 0.262 e. The van der Waals surface area contributed by atoms with Gasteiger partial charge in [-0.3, -0.25) is 9.59 Å². The summed E-state index contributed by atoms with van der Waals surface area (Å²) in [6, 6.07) is 15.6. The second-order valence-corrected chi connectivity index (χ2v) is 8.12. The predicted molar refractivity (Wildman–Crippen MR) is 110 cm³/mol. The zero-order chi connectivity index (χ0) is 21.6. The molecule has 3 aromatic rings. The van der Waals surface area contributed by atoms with Crippen LogP contribution in [-0.4, -0.2) is 26.7 Å². The number of anilines is 1. The highest BCUT2D eigenvalue weighted by Crippen LogP contribution is 2.16. The molecule has 0 atom stereocenters. The summed E-state index contributed by atoms with van der Waals surface area (Å²) < 4.78 is 37.6. The number of amides is 1. The van der Waals surface area contributed by atoms with E-state index < -0.39 is 15.9 Å². The first-order valence-electron chi connectivity index (χ1n) is 8.99. The number of Topliss-reactive ketones (excluding diaryl/α,β-unsaturated/α-hetero) is 1. The first-order valence-corrected chi connectivity index (χ1v) is 10.5. The van der Waals surface area contributed by atoms with Gasteiger partial charge in [-0.1, -0.05) is 12.1 Å². The van der Waals surface area contributed by atoms with Gasteiger partial charge in [0.1, 0.15) is 11.5 Å². The lowest BCUT2D eigenvalue weighted by molar-refractivity contribution is -0.118. The molecule has 1 heterocycles. The number of rotatable bonds is 9. The van der Waals surface area contributed by atoms with Gasteiger partial charge in [-0.25, -0.2) is 13.1 Å². The monoisotopic (exact) mass is 428 g/mol. The second-order valence-electron chi connectivity index (χ2n) is 6.35. The normalized spacial score (nSPS) is 11.1. The molecule has 8 nitrogen and oxygen atoms in total. The molecule has 2 N–H and O–H groups in total. The summed E-state index contributed by atoms with van der Waals surface area (Å²) in [5.41, 5.74) is 0.913. The Morgan fingerprint density at radius 1 is 1.03 bits per heavy atom. The fourth-order valence-corrected chi connectivity index (χ4v) is 3.52. The number of furan rings is 1. The van der Waals surface area contributed by atoms with Crippen molar-refractivity contribution < 1.29 is 27.2 Å². The molecule has 30 heavy (non-hydrogen) atoms. The van der Waals surface area contributed by atoms with Crippen molar-refractivity contribution in [3.05, 3.63) is 78.3 Å². The van der Waals surface area contributed by atoms with Crippen LogP contribution in [0.15, 0.2) is 76.2 Å². The highest BCUT2D eigenvalue weighted by Gasteiger charge is 2.14. The van der Waals surface area contributed by atoms with Crippen molar-refractivity contribution in [1.29, 1.82) is 0 Å². The summed E-state index contributed by atoms with van der Waals surface area (Å²) in [7, 11) is -3.71. The van der Waals surface area contributed by atoms with Crippen molar-refractivity contribution in [3.63, 3.8) is 0 Å². The number of sulfonamides is 1. The van der Waals surface area contributed by atoms with Crippen molar-refractivity contribution >= 4 is 27.4 Å². The molecule has 156 valence electrons. The molecule has 0 radical (unpaired) electrons. The third kappa shape index (κ3) is 5.79. The SMILES string of the molecule is CC(=O)c1cccc(OCC(=O)Nc2ccc(S(=O)(=O)NCc3ccco3)cc2)c1. The van der Waals surface area contributed by atoms with Crippen LogP contribution in [0.25, 0.3) is 0 Å². The number of carbonyl (C=O) groups is 2. The summed E-state index contributed by atoms with van der Waals surface area (Å²) in [6.07, 6.45) is 1.46. The molecule has 3 rings (SSSR count). The second kappa shape index (κ2) is 9.38. The number of nitrogens with one attached hydrogen (secondary N) is 2. The summed E-state index contributed by atoms with van der Waals surface area (Å²) in [5.74, 6) is 0.381. The van der Waals surface area contributed by atoms with Crippen molar-refractivity contribution in [1.82, 2.24) is 4.72 Å². The van der Waals surface area contributed by atoms with Crippen LogP contribution in [0.2, 0.25) is 0 Å². The Labute approximate surface area is 173 Å². The number of ketones is 1. The van der Waals surface area contributed by atoms with E-state index in [4.69, 9.17) is 9.15 Å². The van der Waals surface area contributed by atoms with Gasteiger partial charge in [0.15, 0.2) is 12.4 Å². The number of benzene rings is 2. The average Bonchev–Trinajstić information content (AvgIpc) is 3.25. The van der Waals surface area contributed by atoms with E-state index in [9.17, 15) is 18.0 Å². The average molecular weight is 428 g/mol. The fraction of sp³-hybridized carbons (Fsp3) is 0.143. The summed E-state index contributed by atoms with van der Waals surface area (Å²) >= 11 is 0. The molecule has 1 aromatic heterocycles. The molecule has 0 spiro atoms. The predicted octanol–water partition coefficient (Wildman–Crippen LogP) is 2.98. The van der Waals surface area contributed by atoms with E-state index in [2.05, 4.69) is 10.0 Å². The van der Waals surface area contributed by atoms with Gasteiger partial charge in [0, 0.05) is 11.3 Å². The lowest BCUT2D eigenvalue weighted by Gasteiger charge is -2.09. The maximum Gasteiger partial charge on any atom is 0.262 e.